The fourth-order valence-corrected chi connectivity index (χ4v) is 3.49. The summed E-state index contributed by atoms with van der Waals surface area (Å²) in [5.74, 6) is -0.0324. The molecule has 0 spiro atoms. The van der Waals surface area contributed by atoms with Crippen molar-refractivity contribution in [2.45, 2.75) is 13.3 Å². The van der Waals surface area contributed by atoms with Crippen LogP contribution in [0.2, 0.25) is 0 Å². The Bertz CT molecular complexity index is 1140. The summed E-state index contributed by atoms with van der Waals surface area (Å²) in [6.45, 7) is 2.60. The zero-order chi connectivity index (χ0) is 17.7. The minimum atomic E-state index is -0.0324. The number of carbonyl (C=O) groups excluding carboxylic acids is 1. The van der Waals surface area contributed by atoms with Gasteiger partial charge in [0.1, 0.15) is 0 Å². The zero-order valence-electron chi connectivity index (χ0n) is 14.2. The van der Waals surface area contributed by atoms with Crippen LogP contribution in [0.15, 0.2) is 47.3 Å². The number of fused-ring (bicyclic) bond motifs is 2. The number of hydrogen-bond acceptors (Lipinski definition) is 4. The molecule has 0 atom stereocenters. The highest BCUT2D eigenvalue weighted by atomic mass is 16.3. The second-order valence-corrected chi connectivity index (χ2v) is 6.42. The first-order chi connectivity index (χ1) is 12.7. The van der Waals surface area contributed by atoms with Gasteiger partial charge in [0, 0.05) is 35.5 Å². The number of para-hydroxylation sites is 1. The number of furan rings is 1. The van der Waals surface area contributed by atoms with Crippen LogP contribution < -0.4 is 5.32 Å². The van der Waals surface area contributed by atoms with Gasteiger partial charge < -0.3 is 14.7 Å². The van der Waals surface area contributed by atoms with Crippen LogP contribution in [0, 0.1) is 6.92 Å². The summed E-state index contributed by atoms with van der Waals surface area (Å²) in [6.07, 6.45) is 4.10. The predicted octanol–water partition coefficient (Wildman–Crippen LogP) is 3.48. The second kappa shape index (κ2) is 5.56. The Balaban J connectivity index is 1.73. The van der Waals surface area contributed by atoms with Crippen LogP contribution in [-0.2, 0) is 6.42 Å². The SMILES string of the molecule is Cc1nc2cccc(-c3cc4c([nH]3)CCNC4=O)c2nc1-c1ccoc1. The quantitative estimate of drug-likeness (QED) is 0.583. The molecule has 26 heavy (non-hydrogen) atoms. The van der Waals surface area contributed by atoms with E-state index in [2.05, 4.69) is 10.3 Å². The summed E-state index contributed by atoms with van der Waals surface area (Å²) in [5, 5.41) is 2.88. The van der Waals surface area contributed by atoms with Gasteiger partial charge in [0.25, 0.3) is 5.91 Å². The van der Waals surface area contributed by atoms with Crippen molar-refractivity contribution in [2.75, 3.05) is 6.54 Å². The molecule has 2 N–H and O–H groups in total. The highest BCUT2D eigenvalue weighted by molar-refractivity contribution is 5.99. The molecule has 0 bridgehead atoms. The largest absolute Gasteiger partial charge is 0.472 e. The maximum atomic E-state index is 12.1. The molecule has 0 radical (unpaired) electrons. The highest BCUT2D eigenvalue weighted by Crippen LogP contribution is 2.31. The minimum Gasteiger partial charge on any atom is -0.472 e. The van der Waals surface area contributed by atoms with Gasteiger partial charge >= 0.3 is 0 Å². The maximum Gasteiger partial charge on any atom is 0.253 e. The number of aryl methyl sites for hydroxylation is 1. The second-order valence-electron chi connectivity index (χ2n) is 6.42. The predicted molar refractivity (Wildman–Crippen MR) is 97.8 cm³/mol. The molecular weight excluding hydrogens is 328 g/mol. The molecule has 4 heterocycles. The van der Waals surface area contributed by atoms with E-state index in [1.165, 1.54) is 0 Å². The summed E-state index contributed by atoms with van der Waals surface area (Å²) >= 11 is 0. The van der Waals surface area contributed by atoms with Crippen LogP contribution in [0.1, 0.15) is 21.7 Å². The minimum absolute atomic E-state index is 0.0324. The Kier molecular flexibility index (Phi) is 3.18. The van der Waals surface area contributed by atoms with Crippen molar-refractivity contribution in [3.8, 4) is 22.5 Å². The summed E-state index contributed by atoms with van der Waals surface area (Å²) in [4.78, 5) is 25.1. The van der Waals surface area contributed by atoms with Gasteiger partial charge in [-0.25, -0.2) is 9.97 Å². The van der Waals surface area contributed by atoms with Crippen LogP contribution >= 0.6 is 0 Å². The van der Waals surface area contributed by atoms with E-state index in [1.807, 2.05) is 37.3 Å². The van der Waals surface area contributed by atoms with E-state index in [0.717, 1.165) is 51.4 Å². The van der Waals surface area contributed by atoms with E-state index in [0.29, 0.717) is 12.1 Å². The number of rotatable bonds is 2. The highest BCUT2D eigenvalue weighted by Gasteiger charge is 2.21. The number of carbonyl (C=O) groups is 1. The molecule has 0 aliphatic carbocycles. The van der Waals surface area contributed by atoms with Crippen LogP contribution in [0.25, 0.3) is 33.5 Å². The van der Waals surface area contributed by atoms with E-state index in [4.69, 9.17) is 14.4 Å². The molecule has 0 fully saturated rings. The number of benzene rings is 1. The molecular formula is C20H16N4O2. The molecule has 0 unspecified atom stereocenters. The molecule has 3 aromatic heterocycles. The molecule has 0 saturated heterocycles. The molecule has 1 aromatic carbocycles. The van der Waals surface area contributed by atoms with Gasteiger partial charge in [-0.15, -0.1) is 0 Å². The Morgan fingerprint density at radius 1 is 1.15 bits per heavy atom. The van der Waals surface area contributed by atoms with Crippen LogP contribution in [0.5, 0.6) is 0 Å². The van der Waals surface area contributed by atoms with E-state index < -0.39 is 0 Å². The van der Waals surface area contributed by atoms with Crippen molar-refractivity contribution < 1.29 is 9.21 Å². The molecule has 128 valence electrons. The molecule has 0 saturated carbocycles. The summed E-state index contributed by atoms with van der Waals surface area (Å²) in [5.41, 5.74) is 7.66. The van der Waals surface area contributed by atoms with Crippen molar-refractivity contribution >= 4 is 16.9 Å². The van der Waals surface area contributed by atoms with Crippen LogP contribution in [-0.4, -0.2) is 27.4 Å². The fraction of sp³-hybridized carbons (Fsp3) is 0.150. The lowest BCUT2D eigenvalue weighted by Gasteiger charge is -2.11. The van der Waals surface area contributed by atoms with Gasteiger partial charge in [0.15, 0.2) is 0 Å². The van der Waals surface area contributed by atoms with Gasteiger partial charge in [-0.05, 0) is 25.1 Å². The van der Waals surface area contributed by atoms with Crippen molar-refractivity contribution in [2.24, 2.45) is 0 Å². The number of hydrogen-bond donors (Lipinski definition) is 2. The first-order valence-corrected chi connectivity index (χ1v) is 8.51. The summed E-state index contributed by atoms with van der Waals surface area (Å²) in [6, 6.07) is 9.69. The van der Waals surface area contributed by atoms with Gasteiger partial charge in [0.05, 0.1) is 40.5 Å². The monoisotopic (exact) mass is 344 g/mol. The molecule has 6 heteroatoms. The Labute approximate surface area is 149 Å². The molecule has 1 aliphatic heterocycles. The first-order valence-electron chi connectivity index (χ1n) is 8.51. The number of nitrogens with zero attached hydrogens (tertiary/aromatic N) is 2. The number of nitrogens with one attached hydrogen (secondary N) is 2. The Morgan fingerprint density at radius 2 is 2.08 bits per heavy atom. The molecule has 4 aromatic rings. The molecule has 5 rings (SSSR count). The van der Waals surface area contributed by atoms with Crippen molar-refractivity contribution in [1.29, 1.82) is 0 Å². The Hall–Kier alpha value is -3.41. The standard InChI is InChI=1S/C20H16N4O2/c1-11-18(12-6-8-26-10-12)24-19-13(3-2-4-16(19)22-11)17-9-14-15(23-17)5-7-21-20(14)25/h2-4,6,8-10,23H,5,7H2,1H3,(H,21,25). The molecule has 1 aliphatic rings. The van der Waals surface area contributed by atoms with Crippen LogP contribution in [0.4, 0.5) is 0 Å². The van der Waals surface area contributed by atoms with E-state index in [1.54, 1.807) is 12.5 Å². The van der Waals surface area contributed by atoms with E-state index >= 15 is 0 Å². The third kappa shape index (κ3) is 2.23. The number of amides is 1. The number of aromatic amines is 1. The lowest BCUT2D eigenvalue weighted by molar-refractivity contribution is 0.0946. The Morgan fingerprint density at radius 3 is 2.88 bits per heavy atom. The number of H-pyrrole nitrogens is 1. The van der Waals surface area contributed by atoms with Gasteiger partial charge in [-0.1, -0.05) is 12.1 Å². The van der Waals surface area contributed by atoms with E-state index in [9.17, 15) is 4.79 Å². The zero-order valence-corrected chi connectivity index (χ0v) is 14.2. The smallest absolute Gasteiger partial charge is 0.253 e. The lowest BCUT2D eigenvalue weighted by Crippen LogP contribution is -2.31. The van der Waals surface area contributed by atoms with Gasteiger partial charge in [-0.3, -0.25) is 4.79 Å². The third-order valence-electron chi connectivity index (χ3n) is 4.76. The number of aromatic nitrogens is 3. The molecule has 1 amide bonds. The van der Waals surface area contributed by atoms with E-state index in [-0.39, 0.29) is 5.91 Å². The first kappa shape index (κ1) is 14.9. The maximum absolute atomic E-state index is 12.1. The fourth-order valence-electron chi connectivity index (χ4n) is 3.49. The lowest BCUT2D eigenvalue weighted by atomic mass is 10.1. The van der Waals surface area contributed by atoms with Crippen molar-refractivity contribution in [3.05, 3.63) is 59.8 Å². The average Bonchev–Trinajstić information content (AvgIpc) is 3.31. The average molecular weight is 344 g/mol. The summed E-state index contributed by atoms with van der Waals surface area (Å²) < 4.78 is 5.20. The van der Waals surface area contributed by atoms with Gasteiger partial charge in [0.2, 0.25) is 0 Å². The normalized spacial score (nSPS) is 13.7. The molecule has 6 nitrogen and oxygen atoms in total. The van der Waals surface area contributed by atoms with Crippen molar-refractivity contribution in [1.82, 2.24) is 20.3 Å². The summed E-state index contributed by atoms with van der Waals surface area (Å²) in [7, 11) is 0. The van der Waals surface area contributed by atoms with Crippen LogP contribution in [0.3, 0.4) is 0 Å². The van der Waals surface area contributed by atoms with Gasteiger partial charge in [-0.2, -0.15) is 0 Å². The third-order valence-corrected chi connectivity index (χ3v) is 4.76. The van der Waals surface area contributed by atoms with Crippen molar-refractivity contribution in [3.63, 3.8) is 0 Å². The topological polar surface area (TPSA) is 83.8 Å².